The van der Waals surface area contributed by atoms with E-state index in [1.807, 2.05) is 6.92 Å². The van der Waals surface area contributed by atoms with E-state index in [1.54, 1.807) is 17.8 Å². The highest BCUT2D eigenvalue weighted by molar-refractivity contribution is 6.00. The number of hydrogen-bond acceptors (Lipinski definition) is 4. The molecule has 0 unspecified atom stereocenters. The molecule has 0 aromatic carbocycles. The van der Waals surface area contributed by atoms with Gasteiger partial charge in [-0.05, 0) is 6.92 Å². The number of nitrogens with one attached hydrogen (secondary N) is 1. The molecular formula is C10H17N5O2. The molecule has 0 aliphatic carbocycles. The highest BCUT2D eigenvalue weighted by Crippen LogP contribution is 2.07. The van der Waals surface area contributed by atoms with Gasteiger partial charge in [0.15, 0.2) is 5.82 Å². The van der Waals surface area contributed by atoms with Crippen molar-refractivity contribution >= 4 is 17.8 Å². The van der Waals surface area contributed by atoms with Gasteiger partial charge in [0.1, 0.15) is 0 Å². The number of urea groups is 1. The minimum atomic E-state index is -0.513. The molecule has 7 nitrogen and oxygen atoms in total. The lowest BCUT2D eigenvalue weighted by molar-refractivity contribution is -0.125. The fourth-order valence-electron chi connectivity index (χ4n) is 1.33. The van der Waals surface area contributed by atoms with Gasteiger partial charge in [-0.2, -0.15) is 5.10 Å². The van der Waals surface area contributed by atoms with Crippen molar-refractivity contribution in [2.45, 2.75) is 13.8 Å². The van der Waals surface area contributed by atoms with Crippen LogP contribution in [0.1, 0.15) is 12.6 Å². The van der Waals surface area contributed by atoms with Gasteiger partial charge in [0, 0.05) is 38.8 Å². The van der Waals surface area contributed by atoms with Crippen LogP contribution in [0.15, 0.2) is 6.07 Å². The van der Waals surface area contributed by atoms with E-state index in [-0.39, 0.29) is 19.0 Å². The summed E-state index contributed by atoms with van der Waals surface area (Å²) in [6, 6.07) is 1.21. The summed E-state index contributed by atoms with van der Waals surface area (Å²) in [5.74, 6) is 0.0684. The van der Waals surface area contributed by atoms with E-state index in [1.165, 1.54) is 6.92 Å². The van der Waals surface area contributed by atoms with Gasteiger partial charge in [-0.3, -0.25) is 19.7 Å². The maximum Gasteiger partial charge on any atom is 0.329 e. The molecule has 0 saturated carbocycles. The number of rotatable bonds is 3. The third-order valence-electron chi connectivity index (χ3n) is 2.33. The van der Waals surface area contributed by atoms with E-state index in [4.69, 9.17) is 5.73 Å². The van der Waals surface area contributed by atoms with Gasteiger partial charge in [0.05, 0.1) is 0 Å². The predicted octanol–water partition coefficient (Wildman–Crippen LogP) is 0.0676. The Kier molecular flexibility index (Phi) is 4.22. The topological polar surface area (TPSA) is 93.2 Å². The van der Waals surface area contributed by atoms with Crippen molar-refractivity contribution in [1.29, 1.82) is 0 Å². The van der Waals surface area contributed by atoms with Gasteiger partial charge < -0.3 is 5.73 Å². The average Bonchev–Trinajstić information content (AvgIpc) is 2.53. The van der Waals surface area contributed by atoms with Crippen LogP contribution in [-0.4, -0.2) is 39.7 Å². The number of aryl methyl sites for hydroxylation is 2. The highest BCUT2D eigenvalue weighted by atomic mass is 16.2. The lowest BCUT2D eigenvalue weighted by Crippen LogP contribution is -2.41. The smallest absolute Gasteiger partial charge is 0.329 e. The number of imide groups is 1. The number of anilines is 1. The minimum absolute atomic E-state index is 0.187. The number of aromatic nitrogens is 2. The maximum absolute atomic E-state index is 11.8. The molecule has 1 aromatic heterocycles. The van der Waals surface area contributed by atoms with Crippen LogP contribution in [0, 0.1) is 6.92 Å². The summed E-state index contributed by atoms with van der Waals surface area (Å²) >= 11 is 0. The fourth-order valence-corrected chi connectivity index (χ4v) is 1.33. The molecule has 0 fully saturated rings. The first-order valence-electron chi connectivity index (χ1n) is 5.25. The van der Waals surface area contributed by atoms with Crippen LogP contribution in [0.25, 0.3) is 0 Å². The molecule has 0 bridgehead atoms. The number of carbonyl (C=O) groups excluding carboxylic acids is 2. The Morgan fingerprint density at radius 2 is 2.24 bits per heavy atom. The standard InChI is InChI=1S/C10H17N5O2/c1-7-6-9(13-14(7)3)12-10(17)15(5-4-11)8(2)16/h6H,4-5,11H2,1-3H3,(H,12,13,17). The Morgan fingerprint density at radius 3 is 2.65 bits per heavy atom. The Labute approximate surface area is 99.6 Å². The summed E-state index contributed by atoms with van der Waals surface area (Å²) in [5, 5.41) is 6.62. The van der Waals surface area contributed by atoms with Crippen molar-refractivity contribution in [2.24, 2.45) is 12.8 Å². The van der Waals surface area contributed by atoms with E-state index >= 15 is 0 Å². The quantitative estimate of drug-likeness (QED) is 0.780. The second kappa shape index (κ2) is 5.44. The molecule has 0 spiro atoms. The molecule has 94 valence electrons. The van der Waals surface area contributed by atoms with Crippen LogP contribution < -0.4 is 11.1 Å². The SMILES string of the molecule is CC(=O)N(CCN)C(=O)Nc1cc(C)n(C)n1. The van der Waals surface area contributed by atoms with Crippen molar-refractivity contribution in [3.05, 3.63) is 11.8 Å². The zero-order valence-electron chi connectivity index (χ0n) is 10.2. The third kappa shape index (κ3) is 3.28. The van der Waals surface area contributed by atoms with Crippen LogP contribution in [0.2, 0.25) is 0 Å². The van der Waals surface area contributed by atoms with Gasteiger partial charge in [-0.1, -0.05) is 0 Å². The van der Waals surface area contributed by atoms with Gasteiger partial charge in [0.2, 0.25) is 5.91 Å². The number of nitrogens with zero attached hydrogens (tertiary/aromatic N) is 3. The third-order valence-corrected chi connectivity index (χ3v) is 2.33. The number of carbonyl (C=O) groups is 2. The minimum Gasteiger partial charge on any atom is -0.329 e. The Balaban J connectivity index is 2.73. The molecule has 1 heterocycles. The fraction of sp³-hybridized carbons (Fsp3) is 0.500. The van der Waals surface area contributed by atoms with Crippen LogP contribution in [0.4, 0.5) is 10.6 Å². The van der Waals surface area contributed by atoms with E-state index in [0.717, 1.165) is 10.6 Å². The van der Waals surface area contributed by atoms with E-state index in [2.05, 4.69) is 10.4 Å². The largest absolute Gasteiger partial charge is 0.329 e. The summed E-state index contributed by atoms with van der Waals surface area (Å²) in [6.45, 7) is 3.60. The molecule has 0 aliphatic rings. The molecule has 7 heteroatoms. The van der Waals surface area contributed by atoms with E-state index < -0.39 is 6.03 Å². The first-order valence-corrected chi connectivity index (χ1v) is 5.25. The number of amides is 3. The maximum atomic E-state index is 11.8. The second-order valence-electron chi connectivity index (χ2n) is 3.68. The molecule has 3 amide bonds. The summed E-state index contributed by atoms with van der Waals surface area (Å²) in [5.41, 5.74) is 6.24. The van der Waals surface area contributed by atoms with Crippen molar-refractivity contribution in [3.63, 3.8) is 0 Å². The molecule has 0 saturated heterocycles. The van der Waals surface area contributed by atoms with Gasteiger partial charge in [-0.25, -0.2) is 4.79 Å². The highest BCUT2D eigenvalue weighted by Gasteiger charge is 2.17. The normalized spacial score (nSPS) is 10.1. The Hall–Kier alpha value is -1.89. The van der Waals surface area contributed by atoms with Gasteiger partial charge >= 0.3 is 6.03 Å². The summed E-state index contributed by atoms with van der Waals surface area (Å²) < 4.78 is 1.64. The zero-order chi connectivity index (χ0) is 13.0. The van der Waals surface area contributed by atoms with Crippen LogP contribution >= 0.6 is 0 Å². The van der Waals surface area contributed by atoms with Crippen LogP contribution in [0.5, 0.6) is 0 Å². The average molecular weight is 239 g/mol. The van der Waals surface area contributed by atoms with Crippen molar-refractivity contribution < 1.29 is 9.59 Å². The first kappa shape index (κ1) is 13.2. The second-order valence-corrected chi connectivity index (χ2v) is 3.68. The molecule has 1 aromatic rings. The number of hydrogen-bond donors (Lipinski definition) is 2. The van der Waals surface area contributed by atoms with E-state index in [9.17, 15) is 9.59 Å². The van der Waals surface area contributed by atoms with Crippen molar-refractivity contribution in [1.82, 2.24) is 14.7 Å². The molecule has 17 heavy (non-hydrogen) atoms. The van der Waals surface area contributed by atoms with Crippen LogP contribution in [0.3, 0.4) is 0 Å². The molecule has 0 aliphatic heterocycles. The van der Waals surface area contributed by atoms with Crippen molar-refractivity contribution in [2.75, 3.05) is 18.4 Å². The lowest BCUT2D eigenvalue weighted by atomic mass is 10.4. The van der Waals surface area contributed by atoms with Gasteiger partial charge in [0.25, 0.3) is 0 Å². The Morgan fingerprint density at radius 1 is 1.59 bits per heavy atom. The molecule has 0 radical (unpaired) electrons. The van der Waals surface area contributed by atoms with Gasteiger partial charge in [-0.15, -0.1) is 0 Å². The number of nitrogens with two attached hydrogens (primary N) is 1. The predicted molar refractivity (Wildman–Crippen MR) is 63.4 cm³/mol. The molecule has 0 atom stereocenters. The molecule has 3 N–H and O–H groups in total. The molecule has 1 rings (SSSR count). The van der Waals surface area contributed by atoms with Crippen LogP contribution in [-0.2, 0) is 11.8 Å². The summed E-state index contributed by atoms with van der Waals surface area (Å²) in [7, 11) is 1.77. The lowest BCUT2D eigenvalue weighted by Gasteiger charge is -2.17. The molecular weight excluding hydrogens is 222 g/mol. The monoisotopic (exact) mass is 239 g/mol. The first-order chi connectivity index (χ1) is 7.95. The zero-order valence-corrected chi connectivity index (χ0v) is 10.2. The summed E-state index contributed by atoms with van der Waals surface area (Å²) in [6.07, 6.45) is 0. The van der Waals surface area contributed by atoms with E-state index in [0.29, 0.717) is 5.82 Å². The van der Waals surface area contributed by atoms with Crippen molar-refractivity contribution in [3.8, 4) is 0 Å². The summed E-state index contributed by atoms with van der Waals surface area (Å²) in [4.78, 5) is 24.0. The Bertz CT molecular complexity index is 407.